The lowest BCUT2D eigenvalue weighted by atomic mass is 10.1. The van der Waals surface area contributed by atoms with Crippen molar-refractivity contribution in [3.63, 3.8) is 0 Å². The lowest BCUT2D eigenvalue weighted by Gasteiger charge is -2.31. The number of rotatable bonds is 6. The summed E-state index contributed by atoms with van der Waals surface area (Å²) in [7, 11) is 0. The molecule has 27 heavy (non-hydrogen) atoms. The Labute approximate surface area is 159 Å². The standard InChI is InChI=1S/C21H26N4O2/c1-15(25-13-5-2-6-14-25)18-9-10-19(27-18)21(26)22-12-11-20-23-16-7-3-4-8-17(16)24-20/h3-4,7-10,15H,2,5-6,11-14H2,1H3,(H,22,26)(H,23,24)/t15-/m1/s1. The van der Waals surface area contributed by atoms with Gasteiger partial charge in [-0.3, -0.25) is 9.69 Å². The Morgan fingerprint density at radius 2 is 2.04 bits per heavy atom. The average molecular weight is 366 g/mol. The number of para-hydroxylation sites is 2. The molecule has 1 aliphatic heterocycles. The van der Waals surface area contributed by atoms with Crippen LogP contribution in [0.15, 0.2) is 40.8 Å². The van der Waals surface area contributed by atoms with E-state index in [1.54, 1.807) is 6.07 Å². The molecule has 1 atom stereocenters. The van der Waals surface area contributed by atoms with Gasteiger partial charge in [-0.05, 0) is 57.1 Å². The zero-order valence-corrected chi connectivity index (χ0v) is 15.7. The lowest BCUT2D eigenvalue weighted by molar-refractivity contribution is 0.0917. The first-order chi connectivity index (χ1) is 13.2. The fourth-order valence-corrected chi connectivity index (χ4v) is 3.69. The minimum atomic E-state index is -0.178. The van der Waals surface area contributed by atoms with Gasteiger partial charge in [0.15, 0.2) is 5.76 Å². The molecule has 0 aliphatic carbocycles. The average Bonchev–Trinajstić information content (AvgIpc) is 3.35. The summed E-state index contributed by atoms with van der Waals surface area (Å²) >= 11 is 0. The van der Waals surface area contributed by atoms with Gasteiger partial charge in [-0.1, -0.05) is 18.6 Å². The number of hydrogen-bond acceptors (Lipinski definition) is 4. The van der Waals surface area contributed by atoms with Crippen molar-refractivity contribution in [1.29, 1.82) is 0 Å². The molecule has 0 unspecified atom stereocenters. The quantitative estimate of drug-likeness (QED) is 0.698. The maximum Gasteiger partial charge on any atom is 0.287 e. The Morgan fingerprint density at radius 3 is 2.85 bits per heavy atom. The third-order valence-corrected chi connectivity index (χ3v) is 5.29. The van der Waals surface area contributed by atoms with E-state index in [1.165, 1.54) is 19.3 Å². The third kappa shape index (κ3) is 4.06. The number of benzene rings is 1. The molecule has 1 amide bonds. The number of likely N-dealkylation sites (tertiary alicyclic amines) is 1. The van der Waals surface area contributed by atoms with Crippen LogP contribution in [0.5, 0.6) is 0 Å². The van der Waals surface area contributed by atoms with Crippen LogP contribution < -0.4 is 5.32 Å². The Bertz CT molecular complexity index is 875. The number of fused-ring (bicyclic) bond motifs is 1. The van der Waals surface area contributed by atoms with Crippen molar-refractivity contribution in [2.45, 2.75) is 38.6 Å². The van der Waals surface area contributed by atoms with Gasteiger partial charge >= 0.3 is 0 Å². The number of nitrogens with one attached hydrogen (secondary N) is 2. The SMILES string of the molecule is C[C@H](c1ccc(C(=O)NCCc2nc3ccccc3[nH]2)o1)N1CCCCC1. The van der Waals surface area contributed by atoms with Crippen molar-refractivity contribution in [2.24, 2.45) is 0 Å². The van der Waals surface area contributed by atoms with Gasteiger partial charge < -0.3 is 14.7 Å². The van der Waals surface area contributed by atoms with Crippen molar-refractivity contribution in [2.75, 3.05) is 19.6 Å². The monoisotopic (exact) mass is 366 g/mol. The van der Waals surface area contributed by atoms with Gasteiger partial charge in [0.2, 0.25) is 0 Å². The van der Waals surface area contributed by atoms with E-state index in [0.717, 1.165) is 35.7 Å². The van der Waals surface area contributed by atoms with Crippen LogP contribution in [0.3, 0.4) is 0 Å². The van der Waals surface area contributed by atoms with E-state index < -0.39 is 0 Å². The molecular weight excluding hydrogens is 340 g/mol. The number of carbonyl (C=O) groups excluding carboxylic acids is 1. The van der Waals surface area contributed by atoms with Gasteiger partial charge in [-0.25, -0.2) is 4.98 Å². The van der Waals surface area contributed by atoms with Gasteiger partial charge in [0, 0.05) is 13.0 Å². The second-order valence-electron chi connectivity index (χ2n) is 7.18. The minimum absolute atomic E-state index is 0.178. The maximum absolute atomic E-state index is 12.4. The molecule has 6 heteroatoms. The topological polar surface area (TPSA) is 74.2 Å². The molecule has 142 valence electrons. The molecule has 0 bridgehead atoms. The van der Waals surface area contributed by atoms with Crippen LogP contribution in [0.25, 0.3) is 11.0 Å². The largest absolute Gasteiger partial charge is 0.454 e. The lowest BCUT2D eigenvalue weighted by Crippen LogP contribution is -2.32. The molecule has 3 aromatic rings. The summed E-state index contributed by atoms with van der Waals surface area (Å²) in [6, 6.07) is 11.8. The number of H-pyrrole nitrogens is 1. The zero-order chi connectivity index (χ0) is 18.6. The number of hydrogen-bond donors (Lipinski definition) is 2. The van der Waals surface area contributed by atoms with Crippen molar-refractivity contribution in [3.05, 3.63) is 53.7 Å². The fourth-order valence-electron chi connectivity index (χ4n) is 3.69. The Balaban J connectivity index is 1.31. The predicted molar refractivity (Wildman–Crippen MR) is 105 cm³/mol. The molecule has 0 radical (unpaired) electrons. The molecule has 1 saturated heterocycles. The number of aromatic amines is 1. The van der Waals surface area contributed by atoms with Crippen LogP contribution in [0.1, 0.15) is 54.4 Å². The van der Waals surface area contributed by atoms with Crippen molar-refractivity contribution in [3.8, 4) is 0 Å². The molecule has 3 heterocycles. The highest BCUT2D eigenvalue weighted by Crippen LogP contribution is 2.25. The Morgan fingerprint density at radius 1 is 1.22 bits per heavy atom. The van der Waals surface area contributed by atoms with E-state index in [-0.39, 0.29) is 11.9 Å². The van der Waals surface area contributed by atoms with E-state index in [1.807, 2.05) is 30.3 Å². The summed E-state index contributed by atoms with van der Waals surface area (Å²) in [5.74, 6) is 1.93. The number of furan rings is 1. The van der Waals surface area contributed by atoms with Crippen molar-refractivity contribution in [1.82, 2.24) is 20.2 Å². The second kappa shape index (κ2) is 7.96. The molecule has 2 aromatic heterocycles. The highest BCUT2D eigenvalue weighted by Gasteiger charge is 2.22. The number of imidazole rings is 1. The predicted octanol–water partition coefficient (Wildman–Crippen LogP) is 3.68. The first-order valence-corrected chi connectivity index (χ1v) is 9.76. The van der Waals surface area contributed by atoms with E-state index in [4.69, 9.17) is 4.42 Å². The van der Waals surface area contributed by atoms with Crippen LogP contribution in [-0.4, -0.2) is 40.4 Å². The summed E-state index contributed by atoms with van der Waals surface area (Å²) in [4.78, 5) is 22.6. The molecule has 4 rings (SSSR count). The van der Waals surface area contributed by atoms with Crippen LogP contribution in [0, 0.1) is 0 Å². The molecule has 1 aliphatic rings. The fraction of sp³-hybridized carbons (Fsp3) is 0.429. The van der Waals surface area contributed by atoms with Gasteiger partial charge in [0.1, 0.15) is 11.6 Å². The summed E-state index contributed by atoms with van der Waals surface area (Å²) in [6.45, 7) is 4.85. The molecular formula is C21H26N4O2. The van der Waals surface area contributed by atoms with Gasteiger partial charge in [0.05, 0.1) is 17.1 Å². The van der Waals surface area contributed by atoms with Crippen LogP contribution in [0.4, 0.5) is 0 Å². The molecule has 2 N–H and O–H groups in total. The molecule has 1 fully saturated rings. The van der Waals surface area contributed by atoms with Crippen LogP contribution >= 0.6 is 0 Å². The maximum atomic E-state index is 12.4. The van der Waals surface area contributed by atoms with E-state index in [2.05, 4.69) is 27.1 Å². The normalized spacial score (nSPS) is 16.5. The van der Waals surface area contributed by atoms with E-state index >= 15 is 0 Å². The number of piperidine rings is 1. The summed E-state index contributed by atoms with van der Waals surface area (Å²) < 4.78 is 5.83. The minimum Gasteiger partial charge on any atom is -0.454 e. The zero-order valence-electron chi connectivity index (χ0n) is 15.7. The summed E-state index contributed by atoms with van der Waals surface area (Å²) in [5.41, 5.74) is 1.96. The van der Waals surface area contributed by atoms with Gasteiger partial charge in [-0.2, -0.15) is 0 Å². The van der Waals surface area contributed by atoms with Gasteiger partial charge in [-0.15, -0.1) is 0 Å². The van der Waals surface area contributed by atoms with E-state index in [0.29, 0.717) is 18.7 Å². The number of nitrogens with zero attached hydrogens (tertiary/aromatic N) is 2. The summed E-state index contributed by atoms with van der Waals surface area (Å²) in [5, 5.41) is 2.92. The Kier molecular flexibility index (Phi) is 5.25. The first-order valence-electron chi connectivity index (χ1n) is 9.76. The van der Waals surface area contributed by atoms with Crippen molar-refractivity contribution >= 4 is 16.9 Å². The number of carbonyl (C=O) groups is 1. The number of aromatic nitrogens is 2. The Hall–Kier alpha value is -2.60. The third-order valence-electron chi connectivity index (χ3n) is 5.29. The molecule has 0 spiro atoms. The molecule has 6 nitrogen and oxygen atoms in total. The smallest absolute Gasteiger partial charge is 0.287 e. The first kappa shape index (κ1) is 17.8. The van der Waals surface area contributed by atoms with E-state index in [9.17, 15) is 4.79 Å². The van der Waals surface area contributed by atoms with Crippen LogP contribution in [0.2, 0.25) is 0 Å². The summed E-state index contributed by atoms with van der Waals surface area (Å²) in [6.07, 6.45) is 4.43. The second-order valence-corrected chi connectivity index (χ2v) is 7.18. The highest BCUT2D eigenvalue weighted by atomic mass is 16.4. The highest BCUT2D eigenvalue weighted by molar-refractivity contribution is 5.91. The molecule has 1 aromatic carbocycles. The van der Waals surface area contributed by atoms with Crippen molar-refractivity contribution < 1.29 is 9.21 Å². The van der Waals surface area contributed by atoms with Crippen LogP contribution in [-0.2, 0) is 6.42 Å². The number of amides is 1. The molecule has 0 saturated carbocycles. The van der Waals surface area contributed by atoms with Gasteiger partial charge in [0.25, 0.3) is 5.91 Å².